The van der Waals surface area contributed by atoms with Crippen molar-refractivity contribution in [2.75, 3.05) is 13.2 Å². The Morgan fingerprint density at radius 1 is 1.23 bits per heavy atom. The number of ether oxygens (including phenoxy) is 1. The fraction of sp³-hybridized carbons (Fsp3) is 0.200. The number of nitrogens with one attached hydrogen (secondary N) is 1. The molecule has 0 saturated heterocycles. The highest BCUT2D eigenvalue weighted by Crippen LogP contribution is 2.20. The molecule has 0 aliphatic heterocycles. The van der Waals surface area contributed by atoms with E-state index in [0.717, 1.165) is 10.0 Å². The molecule has 0 amide bonds. The van der Waals surface area contributed by atoms with Crippen LogP contribution in [-0.2, 0) is 10.0 Å². The van der Waals surface area contributed by atoms with E-state index in [9.17, 15) is 12.8 Å². The van der Waals surface area contributed by atoms with E-state index in [1.54, 1.807) is 24.3 Å². The minimum Gasteiger partial charge on any atom is -0.489 e. The third-order valence-corrected chi connectivity index (χ3v) is 5.28. The molecule has 4 nitrogen and oxygen atoms in total. The number of halogens is 2. The van der Waals surface area contributed by atoms with Crippen molar-refractivity contribution in [2.45, 2.75) is 11.8 Å². The van der Waals surface area contributed by atoms with Gasteiger partial charge in [0.15, 0.2) is 11.6 Å². The summed E-state index contributed by atoms with van der Waals surface area (Å²) in [7, 11) is -3.61. The van der Waals surface area contributed by atoms with Crippen LogP contribution < -0.4 is 9.46 Å². The maximum Gasteiger partial charge on any atom is 0.240 e. The molecule has 7 heteroatoms. The lowest BCUT2D eigenvalue weighted by molar-refractivity contribution is 0.306. The summed E-state index contributed by atoms with van der Waals surface area (Å²) in [5.41, 5.74) is 0.825. The van der Waals surface area contributed by atoms with Gasteiger partial charge in [0.05, 0.1) is 4.90 Å². The van der Waals surface area contributed by atoms with Gasteiger partial charge < -0.3 is 4.74 Å². The lowest BCUT2D eigenvalue weighted by Gasteiger charge is -2.10. The van der Waals surface area contributed by atoms with Crippen molar-refractivity contribution < 1.29 is 17.5 Å². The van der Waals surface area contributed by atoms with Crippen molar-refractivity contribution in [3.05, 3.63) is 58.3 Å². The van der Waals surface area contributed by atoms with Crippen molar-refractivity contribution >= 4 is 26.0 Å². The molecule has 0 aliphatic carbocycles. The maximum absolute atomic E-state index is 13.3. The number of para-hydroxylation sites is 1. The normalized spacial score (nSPS) is 11.4. The SMILES string of the molecule is Cc1cc(S(=O)(=O)NCCOc2ccccc2F)ccc1Br. The largest absolute Gasteiger partial charge is 0.489 e. The van der Waals surface area contributed by atoms with Gasteiger partial charge >= 0.3 is 0 Å². The smallest absolute Gasteiger partial charge is 0.240 e. The van der Waals surface area contributed by atoms with Crippen LogP contribution in [0.4, 0.5) is 4.39 Å². The molecule has 0 aromatic heterocycles. The molecule has 22 heavy (non-hydrogen) atoms. The maximum atomic E-state index is 13.3. The van der Waals surface area contributed by atoms with E-state index in [0.29, 0.717) is 0 Å². The molecule has 0 radical (unpaired) electrons. The average molecular weight is 388 g/mol. The van der Waals surface area contributed by atoms with Crippen molar-refractivity contribution in [2.24, 2.45) is 0 Å². The predicted octanol–water partition coefficient (Wildman–Crippen LogP) is 3.25. The summed E-state index contributed by atoms with van der Waals surface area (Å²) in [4.78, 5) is 0.180. The zero-order valence-electron chi connectivity index (χ0n) is 11.8. The Morgan fingerprint density at radius 3 is 2.64 bits per heavy atom. The Balaban J connectivity index is 1.93. The van der Waals surface area contributed by atoms with Crippen LogP contribution in [0.1, 0.15) is 5.56 Å². The highest BCUT2D eigenvalue weighted by Gasteiger charge is 2.14. The molecule has 1 N–H and O–H groups in total. The minimum absolute atomic E-state index is 0.0374. The van der Waals surface area contributed by atoms with Crippen LogP contribution in [-0.4, -0.2) is 21.6 Å². The summed E-state index contributed by atoms with van der Waals surface area (Å²) in [6.07, 6.45) is 0. The number of sulfonamides is 1. The summed E-state index contributed by atoms with van der Waals surface area (Å²) in [6.45, 7) is 1.89. The highest BCUT2D eigenvalue weighted by atomic mass is 79.9. The van der Waals surface area contributed by atoms with Crippen LogP contribution in [0.15, 0.2) is 51.8 Å². The van der Waals surface area contributed by atoms with Gasteiger partial charge in [-0.15, -0.1) is 0 Å². The van der Waals surface area contributed by atoms with E-state index in [1.165, 1.54) is 18.2 Å². The first-order valence-corrected chi connectivity index (χ1v) is 8.81. The summed E-state index contributed by atoms with van der Waals surface area (Å²) < 4.78 is 46.0. The molecule has 0 unspecified atom stereocenters. The Labute approximate surface area is 137 Å². The lowest BCUT2D eigenvalue weighted by Crippen LogP contribution is -2.28. The monoisotopic (exact) mass is 387 g/mol. The van der Waals surface area contributed by atoms with Gasteiger partial charge in [0, 0.05) is 11.0 Å². The van der Waals surface area contributed by atoms with Crippen molar-refractivity contribution in [3.63, 3.8) is 0 Å². The molecule has 0 aliphatic rings. The molecule has 2 aromatic rings. The fourth-order valence-corrected chi connectivity index (χ4v) is 3.11. The van der Waals surface area contributed by atoms with E-state index >= 15 is 0 Å². The van der Waals surface area contributed by atoms with Gasteiger partial charge in [0.1, 0.15) is 6.61 Å². The van der Waals surface area contributed by atoms with Gasteiger partial charge in [-0.2, -0.15) is 0 Å². The minimum atomic E-state index is -3.61. The van der Waals surface area contributed by atoms with E-state index in [2.05, 4.69) is 20.7 Å². The predicted molar refractivity (Wildman–Crippen MR) is 86.0 cm³/mol. The molecule has 0 heterocycles. The van der Waals surface area contributed by atoms with Crippen molar-refractivity contribution in [1.82, 2.24) is 4.72 Å². The fourth-order valence-electron chi connectivity index (χ4n) is 1.77. The molecule has 2 rings (SSSR count). The standard InChI is InChI=1S/C15H15BrFNO3S/c1-11-10-12(6-7-13(11)16)22(19,20)18-8-9-21-15-5-3-2-4-14(15)17/h2-7,10,18H,8-9H2,1H3. The third-order valence-electron chi connectivity index (χ3n) is 2.93. The van der Waals surface area contributed by atoms with Crippen LogP contribution in [0, 0.1) is 12.7 Å². The van der Waals surface area contributed by atoms with Gasteiger partial charge in [-0.05, 0) is 42.8 Å². The van der Waals surface area contributed by atoms with E-state index in [1.807, 2.05) is 6.92 Å². The van der Waals surface area contributed by atoms with Gasteiger partial charge in [-0.3, -0.25) is 0 Å². The summed E-state index contributed by atoms with van der Waals surface area (Å²) in [6, 6.07) is 10.7. The number of hydrogen-bond acceptors (Lipinski definition) is 3. The van der Waals surface area contributed by atoms with E-state index in [4.69, 9.17) is 4.74 Å². The molecule has 0 saturated carbocycles. The van der Waals surface area contributed by atoms with E-state index < -0.39 is 15.8 Å². The van der Waals surface area contributed by atoms with Gasteiger partial charge in [0.2, 0.25) is 10.0 Å². The van der Waals surface area contributed by atoms with Crippen LogP contribution in [0.5, 0.6) is 5.75 Å². The lowest BCUT2D eigenvalue weighted by atomic mass is 10.2. The molecule has 118 valence electrons. The van der Waals surface area contributed by atoms with Gasteiger partial charge in [-0.1, -0.05) is 28.1 Å². The molecule has 2 aromatic carbocycles. The van der Waals surface area contributed by atoms with Crippen molar-refractivity contribution in [1.29, 1.82) is 0 Å². The second-order valence-corrected chi connectivity index (χ2v) is 7.21. The molecule has 0 fully saturated rings. The highest BCUT2D eigenvalue weighted by molar-refractivity contribution is 9.10. The Hall–Kier alpha value is -1.44. The summed E-state index contributed by atoms with van der Waals surface area (Å²) in [5.74, 6) is -0.380. The molecule has 0 spiro atoms. The average Bonchev–Trinajstić information content (AvgIpc) is 2.48. The first-order chi connectivity index (χ1) is 10.4. The summed E-state index contributed by atoms with van der Waals surface area (Å²) in [5, 5.41) is 0. The van der Waals surface area contributed by atoms with Crippen LogP contribution in [0.3, 0.4) is 0 Å². The number of hydrogen-bond donors (Lipinski definition) is 1. The first kappa shape index (κ1) is 16.9. The van der Waals surface area contributed by atoms with Gasteiger partial charge in [0.25, 0.3) is 0 Å². The van der Waals surface area contributed by atoms with Crippen molar-refractivity contribution in [3.8, 4) is 5.75 Å². The first-order valence-electron chi connectivity index (χ1n) is 6.53. The van der Waals surface area contributed by atoms with Crippen LogP contribution in [0.2, 0.25) is 0 Å². The second-order valence-electron chi connectivity index (χ2n) is 4.59. The topological polar surface area (TPSA) is 55.4 Å². The zero-order chi connectivity index (χ0) is 16.2. The number of aryl methyl sites for hydroxylation is 1. The second kappa shape index (κ2) is 7.21. The molecular weight excluding hydrogens is 373 g/mol. The zero-order valence-corrected chi connectivity index (χ0v) is 14.2. The summed E-state index contributed by atoms with van der Waals surface area (Å²) >= 11 is 3.32. The molecular formula is C15H15BrFNO3S. The van der Waals surface area contributed by atoms with Crippen LogP contribution >= 0.6 is 15.9 Å². The third kappa shape index (κ3) is 4.28. The molecule has 0 bridgehead atoms. The van der Waals surface area contributed by atoms with E-state index in [-0.39, 0.29) is 23.8 Å². The Kier molecular flexibility index (Phi) is 5.55. The number of benzene rings is 2. The quantitative estimate of drug-likeness (QED) is 0.773. The Morgan fingerprint density at radius 2 is 1.95 bits per heavy atom. The van der Waals surface area contributed by atoms with Gasteiger partial charge in [-0.25, -0.2) is 17.5 Å². The Bertz CT molecular complexity index is 765. The molecule has 0 atom stereocenters. The number of rotatable bonds is 6. The van der Waals surface area contributed by atoms with Crippen LogP contribution in [0.25, 0.3) is 0 Å².